The number of carbonyl (C=O) groups excluding carboxylic acids is 2. The molecule has 0 spiro atoms. The number of halogens is 1. The van der Waals surface area contributed by atoms with Crippen molar-refractivity contribution < 1.29 is 9.59 Å². The van der Waals surface area contributed by atoms with Gasteiger partial charge in [-0.1, -0.05) is 18.2 Å². The molecule has 0 saturated heterocycles. The molecule has 2 heterocycles. The van der Waals surface area contributed by atoms with Crippen molar-refractivity contribution in [1.82, 2.24) is 4.90 Å². The molecule has 0 radical (unpaired) electrons. The molecule has 0 atom stereocenters. The highest BCUT2D eigenvalue weighted by Crippen LogP contribution is 2.26. The van der Waals surface area contributed by atoms with Crippen molar-refractivity contribution in [1.29, 1.82) is 0 Å². The van der Waals surface area contributed by atoms with E-state index in [0.29, 0.717) is 17.0 Å². The van der Waals surface area contributed by atoms with Gasteiger partial charge < -0.3 is 4.90 Å². The standard InChI is InChI=1S/C14H10BrNO2S/c15-11-5-6-19-13(11)12(17)8-16-7-9-3-1-2-4-10(9)14(16)18/h1-6H,7-8H2. The molecule has 19 heavy (non-hydrogen) atoms. The Morgan fingerprint density at radius 1 is 1.32 bits per heavy atom. The van der Waals surface area contributed by atoms with Crippen molar-refractivity contribution in [3.63, 3.8) is 0 Å². The molecule has 0 aliphatic carbocycles. The third-order valence-electron chi connectivity index (χ3n) is 3.10. The van der Waals surface area contributed by atoms with Crippen molar-refractivity contribution in [3.8, 4) is 0 Å². The van der Waals surface area contributed by atoms with Crippen molar-refractivity contribution in [2.45, 2.75) is 6.54 Å². The smallest absolute Gasteiger partial charge is 0.254 e. The molecule has 5 heteroatoms. The van der Waals surface area contributed by atoms with Gasteiger partial charge in [-0.3, -0.25) is 9.59 Å². The van der Waals surface area contributed by atoms with Gasteiger partial charge in [-0.15, -0.1) is 11.3 Å². The monoisotopic (exact) mass is 335 g/mol. The van der Waals surface area contributed by atoms with Gasteiger partial charge in [0.1, 0.15) is 0 Å². The van der Waals surface area contributed by atoms with Crippen LogP contribution >= 0.6 is 27.3 Å². The lowest BCUT2D eigenvalue weighted by Gasteiger charge is -2.13. The number of ketones is 1. The second-order valence-corrected chi connectivity index (χ2v) is 6.11. The van der Waals surface area contributed by atoms with E-state index in [1.807, 2.05) is 35.7 Å². The molecule has 2 aromatic rings. The number of rotatable bonds is 3. The maximum Gasteiger partial charge on any atom is 0.254 e. The highest BCUT2D eigenvalue weighted by Gasteiger charge is 2.29. The summed E-state index contributed by atoms with van der Waals surface area (Å²) >= 11 is 4.74. The maximum absolute atomic E-state index is 12.2. The second-order valence-electron chi connectivity index (χ2n) is 4.34. The molecule has 0 bridgehead atoms. The van der Waals surface area contributed by atoms with Crippen LogP contribution in [0.15, 0.2) is 40.2 Å². The fraction of sp³-hybridized carbons (Fsp3) is 0.143. The summed E-state index contributed by atoms with van der Waals surface area (Å²) < 4.78 is 0.798. The minimum atomic E-state index is -0.0587. The number of carbonyl (C=O) groups is 2. The first-order chi connectivity index (χ1) is 9.16. The quantitative estimate of drug-likeness (QED) is 0.806. The van der Waals surface area contributed by atoms with Gasteiger partial charge in [-0.2, -0.15) is 0 Å². The van der Waals surface area contributed by atoms with E-state index in [4.69, 9.17) is 0 Å². The lowest BCUT2D eigenvalue weighted by Crippen LogP contribution is -2.30. The number of nitrogens with zero attached hydrogens (tertiary/aromatic N) is 1. The molecule has 0 N–H and O–H groups in total. The minimum Gasteiger partial charge on any atom is -0.327 e. The van der Waals surface area contributed by atoms with Crippen LogP contribution in [0.25, 0.3) is 0 Å². The summed E-state index contributed by atoms with van der Waals surface area (Å²) in [4.78, 5) is 26.6. The molecular formula is C14H10BrNO2S. The van der Waals surface area contributed by atoms with Crippen LogP contribution in [0.1, 0.15) is 25.6 Å². The Hall–Kier alpha value is -1.46. The molecule has 0 fully saturated rings. The average Bonchev–Trinajstić information content (AvgIpc) is 2.95. The van der Waals surface area contributed by atoms with Gasteiger partial charge in [-0.25, -0.2) is 0 Å². The van der Waals surface area contributed by atoms with E-state index >= 15 is 0 Å². The van der Waals surface area contributed by atoms with Crippen molar-refractivity contribution >= 4 is 39.0 Å². The van der Waals surface area contributed by atoms with Crippen LogP contribution in [-0.2, 0) is 6.54 Å². The van der Waals surface area contributed by atoms with Crippen molar-refractivity contribution in [2.75, 3.05) is 6.54 Å². The molecule has 0 unspecified atom stereocenters. The molecular weight excluding hydrogens is 326 g/mol. The Morgan fingerprint density at radius 3 is 2.79 bits per heavy atom. The van der Waals surface area contributed by atoms with Gasteiger partial charge in [0.05, 0.1) is 11.4 Å². The highest BCUT2D eigenvalue weighted by molar-refractivity contribution is 9.10. The second kappa shape index (κ2) is 4.90. The topological polar surface area (TPSA) is 37.4 Å². The Balaban J connectivity index is 1.79. The van der Waals surface area contributed by atoms with Crippen LogP contribution in [0.5, 0.6) is 0 Å². The minimum absolute atomic E-state index is 0.0250. The van der Waals surface area contributed by atoms with Crippen LogP contribution in [0.4, 0.5) is 0 Å². The zero-order valence-electron chi connectivity index (χ0n) is 9.93. The van der Waals surface area contributed by atoms with Crippen LogP contribution in [0, 0.1) is 0 Å². The van der Waals surface area contributed by atoms with Crippen molar-refractivity contribution in [2.24, 2.45) is 0 Å². The number of Topliss-reactive ketones (excluding diaryl/α,β-unsaturated/α-hetero) is 1. The molecule has 3 rings (SSSR count). The summed E-state index contributed by atoms with van der Waals surface area (Å²) in [5.41, 5.74) is 1.70. The van der Waals surface area contributed by atoms with E-state index in [-0.39, 0.29) is 18.2 Å². The van der Waals surface area contributed by atoms with Gasteiger partial charge in [0.25, 0.3) is 5.91 Å². The van der Waals surface area contributed by atoms with E-state index in [1.165, 1.54) is 11.3 Å². The largest absolute Gasteiger partial charge is 0.327 e. The predicted octanol–water partition coefficient (Wildman–Crippen LogP) is 3.35. The summed E-state index contributed by atoms with van der Waals surface area (Å²) in [6.45, 7) is 0.649. The first kappa shape index (κ1) is 12.6. The molecule has 0 saturated carbocycles. The summed E-state index contributed by atoms with van der Waals surface area (Å²) in [7, 11) is 0. The SMILES string of the molecule is O=C(CN1Cc2ccccc2C1=O)c1sccc1Br. The summed E-state index contributed by atoms with van der Waals surface area (Å²) in [6, 6.07) is 9.34. The lowest BCUT2D eigenvalue weighted by atomic mass is 10.1. The third kappa shape index (κ3) is 2.24. The Morgan fingerprint density at radius 2 is 2.11 bits per heavy atom. The number of fused-ring (bicyclic) bond motifs is 1. The summed E-state index contributed by atoms with van der Waals surface area (Å²) in [5.74, 6) is -0.0836. The molecule has 3 nitrogen and oxygen atoms in total. The predicted molar refractivity (Wildman–Crippen MR) is 77.5 cm³/mol. The van der Waals surface area contributed by atoms with Gasteiger partial charge in [-0.05, 0) is 39.0 Å². The van der Waals surface area contributed by atoms with Gasteiger partial charge in [0.15, 0.2) is 5.78 Å². The van der Waals surface area contributed by atoms with Crippen LogP contribution < -0.4 is 0 Å². The van der Waals surface area contributed by atoms with Gasteiger partial charge in [0, 0.05) is 16.6 Å². The average molecular weight is 336 g/mol. The van der Waals surface area contributed by atoms with Crippen LogP contribution in [0.3, 0.4) is 0 Å². The van der Waals surface area contributed by atoms with E-state index in [0.717, 1.165) is 10.0 Å². The van der Waals surface area contributed by atoms with E-state index < -0.39 is 0 Å². The normalized spacial score (nSPS) is 13.7. The molecule has 1 aromatic heterocycles. The van der Waals surface area contributed by atoms with E-state index in [9.17, 15) is 9.59 Å². The summed E-state index contributed by atoms with van der Waals surface area (Å²) in [5, 5.41) is 1.86. The Kier molecular flexibility index (Phi) is 3.24. The van der Waals surface area contributed by atoms with Crippen molar-refractivity contribution in [3.05, 3.63) is 56.2 Å². The molecule has 1 aliphatic heterocycles. The number of amides is 1. The Bertz CT molecular complexity index is 665. The van der Waals surface area contributed by atoms with Crippen LogP contribution in [-0.4, -0.2) is 23.1 Å². The zero-order chi connectivity index (χ0) is 13.4. The summed E-state index contributed by atoms with van der Waals surface area (Å²) in [6.07, 6.45) is 0. The number of benzene rings is 1. The number of hydrogen-bond donors (Lipinski definition) is 0. The van der Waals surface area contributed by atoms with E-state index in [1.54, 1.807) is 4.90 Å². The van der Waals surface area contributed by atoms with Gasteiger partial charge >= 0.3 is 0 Å². The fourth-order valence-corrected chi connectivity index (χ4v) is 3.71. The van der Waals surface area contributed by atoms with Crippen LogP contribution in [0.2, 0.25) is 0 Å². The maximum atomic E-state index is 12.2. The molecule has 96 valence electrons. The first-order valence-corrected chi connectivity index (χ1v) is 7.47. The Labute approximate surface area is 123 Å². The third-order valence-corrected chi connectivity index (χ3v) is 4.98. The molecule has 1 aliphatic rings. The fourth-order valence-electron chi connectivity index (χ4n) is 2.18. The number of thiophene rings is 1. The van der Waals surface area contributed by atoms with Gasteiger partial charge in [0.2, 0.25) is 0 Å². The number of hydrogen-bond acceptors (Lipinski definition) is 3. The zero-order valence-corrected chi connectivity index (χ0v) is 12.3. The molecule has 1 aromatic carbocycles. The first-order valence-electron chi connectivity index (χ1n) is 5.80. The van der Waals surface area contributed by atoms with E-state index in [2.05, 4.69) is 15.9 Å². The highest BCUT2D eigenvalue weighted by atomic mass is 79.9. The lowest BCUT2D eigenvalue weighted by molar-refractivity contribution is 0.0730. The molecule has 1 amide bonds.